The van der Waals surface area contributed by atoms with Gasteiger partial charge in [-0.15, -0.1) is 0 Å². The van der Waals surface area contributed by atoms with Crippen LogP contribution in [-0.4, -0.2) is 42.7 Å². The molecular weight excluding hydrogens is 290 g/mol. The average molecular weight is 307 g/mol. The van der Waals surface area contributed by atoms with Gasteiger partial charge < -0.3 is 4.74 Å². The summed E-state index contributed by atoms with van der Waals surface area (Å²) in [6, 6.07) is 5.72. The lowest BCUT2D eigenvalue weighted by atomic mass is 10.2. The number of aromatic nitrogens is 1. The van der Waals surface area contributed by atoms with Crippen LogP contribution in [0.1, 0.15) is 19.3 Å². The highest BCUT2D eigenvalue weighted by Crippen LogP contribution is 2.46. The number of ether oxygens (including phenoxy) is 1. The number of sulfonamides is 1. The first-order valence-corrected chi connectivity index (χ1v) is 8.60. The van der Waals surface area contributed by atoms with E-state index in [1.165, 1.54) is 4.31 Å². The molecule has 1 aliphatic carbocycles. The summed E-state index contributed by atoms with van der Waals surface area (Å²) >= 11 is 0. The monoisotopic (exact) mass is 307 g/mol. The Bertz CT molecular complexity index is 650. The molecule has 0 amide bonds. The maximum atomic E-state index is 12.4. The van der Waals surface area contributed by atoms with Gasteiger partial charge in [-0.05, 0) is 31.4 Å². The molecule has 2 heterocycles. The summed E-state index contributed by atoms with van der Waals surface area (Å²) in [6.07, 6.45) is 5.16. The van der Waals surface area contributed by atoms with Crippen molar-refractivity contribution in [2.24, 2.45) is 5.41 Å². The Hall–Kier alpha value is -1.65. The normalized spacial score (nSPS) is 24.4. The first kappa shape index (κ1) is 14.3. The van der Waals surface area contributed by atoms with Gasteiger partial charge in [0.25, 0.3) is 0 Å². The van der Waals surface area contributed by atoms with Gasteiger partial charge in [0.05, 0.1) is 30.0 Å². The summed E-state index contributed by atoms with van der Waals surface area (Å²) in [5, 5.41) is 9.04. The van der Waals surface area contributed by atoms with Crippen molar-refractivity contribution in [1.82, 2.24) is 9.29 Å². The number of pyridine rings is 1. The third-order valence-corrected chi connectivity index (χ3v) is 6.02. The van der Waals surface area contributed by atoms with E-state index in [0.717, 1.165) is 0 Å². The smallest absolute Gasteiger partial charge is 0.215 e. The highest BCUT2D eigenvalue weighted by molar-refractivity contribution is 7.89. The molecule has 7 heteroatoms. The van der Waals surface area contributed by atoms with E-state index in [0.29, 0.717) is 38.1 Å². The predicted octanol–water partition coefficient (Wildman–Crippen LogP) is 1.17. The average Bonchev–Trinajstić information content (AvgIpc) is 3.06. The maximum Gasteiger partial charge on any atom is 0.215 e. The Kier molecular flexibility index (Phi) is 3.59. The quantitative estimate of drug-likeness (QED) is 0.815. The second kappa shape index (κ2) is 5.28. The van der Waals surface area contributed by atoms with Gasteiger partial charge in [0, 0.05) is 12.7 Å². The number of rotatable bonds is 5. The van der Waals surface area contributed by atoms with Gasteiger partial charge in [-0.25, -0.2) is 8.42 Å². The van der Waals surface area contributed by atoms with E-state index in [9.17, 15) is 8.42 Å². The van der Waals surface area contributed by atoms with Crippen LogP contribution in [0.15, 0.2) is 24.5 Å². The SMILES string of the molecule is N#CC1(CS(=O)(=O)N2CC[C@H](Oc3cccnc3)C2)CC1. The van der Waals surface area contributed by atoms with Crippen molar-refractivity contribution in [3.05, 3.63) is 24.5 Å². The Balaban J connectivity index is 1.60. The first-order valence-electron chi connectivity index (χ1n) is 6.99. The lowest BCUT2D eigenvalue weighted by Gasteiger charge is -2.18. The van der Waals surface area contributed by atoms with Gasteiger partial charge in [0.1, 0.15) is 11.9 Å². The Labute approximate surface area is 124 Å². The molecule has 3 rings (SSSR count). The summed E-state index contributed by atoms with van der Waals surface area (Å²) in [7, 11) is -3.38. The third-order valence-electron chi connectivity index (χ3n) is 3.99. The fourth-order valence-corrected chi connectivity index (χ4v) is 4.55. The van der Waals surface area contributed by atoms with E-state index in [1.807, 2.05) is 0 Å². The van der Waals surface area contributed by atoms with E-state index >= 15 is 0 Å². The van der Waals surface area contributed by atoms with Gasteiger partial charge >= 0.3 is 0 Å². The predicted molar refractivity (Wildman–Crippen MR) is 75.9 cm³/mol. The Morgan fingerprint density at radius 2 is 2.33 bits per heavy atom. The van der Waals surface area contributed by atoms with Gasteiger partial charge in [-0.1, -0.05) is 0 Å². The fourth-order valence-electron chi connectivity index (χ4n) is 2.54. The van der Waals surface area contributed by atoms with Gasteiger partial charge in [-0.2, -0.15) is 9.57 Å². The van der Waals surface area contributed by atoms with Gasteiger partial charge in [0.2, 0.25) is 10.0 Å². The minimum atomic E-state index is -3.38. The maximum absolute atomic E-state index is 12.4. The molecule has 6 nitrogen and oxygen atoms in total. The number of hydrogen-bond acceptors (Lipinski definition) is 5. The molecule has 21 heavy (non-hydrogen) atoms. The minimum absolute atomic E-state index is 0.0594. The van der Waals surface area contributed by atoms with E-state index < -0.39 is 15.4 Å². The molecule has 0 unspecified atom stereocenters. The Morgan fingerprint density at radius 1 is 1.52 bits per heavy atom. The van der Waals surface area contributed by atoms with E-state index in [1.54, 1.807) is 24.5 Å². The van der Waals surface area contributed by atoms with Gasteiger partial charge in [-0.3, -0.25) is 4.98 Å². The summed E-state index contributed by atoms with van der Waals surface area (Å²) in [5.74, 6) is 0.591. The van der Waals surface area contributed by atoms with E-state index in [4.69, 9.17) is 10.00 Å². The van der Waals surface area contributed by atoms with E-state index in [2.05, 4.69) is 11.1 Å². The van der Waals surface area contributed by atoms with Crippen LogP contribution in [0, 0.1) is 16.7 Å². The molecular formula is C14H17N3O3S. The summed E-state index contributed by atoms with van der Waals surface area (Å²) in [6.45, 7) is 0.799. The second-order valence-corrected chi connectivity index (χ2v) is 7.69. The standard InChI is InChI=1S/C14H17N3O3S/c15-10-14(4-5-14)11-21(18,19)17-7-3-13(9-17)20-12-2-1-6-16-8-12/h1-2,6,8,13H,3-5,7,9,11H2/t13-/m0/s1. The van der Waals surface area contributed by atoms with Crippen LogP contribution >= 0.6 is 0 Å². The fraction of sp³-hybridized carbons (Fsp3) is 0.571. The molecule has 112 valence electrons. The zero-order chi connectivity index (χ0) is 14.9. The van der Waals surface area contributed by atoms with Crippen molar-refractivity contribution in [2.45, 2.75) is 25.4 Å². The molecule has 0 radical (unpaired) electrons. The summed E-state index contributed by atoms with van der Waals surface area (Å²) in [5.41, 5.74) is -0.638. The van der Waals surface area contributed by atoms with Crippen LogP contribution in [0.3, 0.4) is 0 Å². The second-order valence-electron chi connectivity index (χ2n) is 5.72. The van der Waals surface area contributed by atoms with E-state index in [-0.39, 0.29) is 11.9 Å². The number of nitriles is 1. The topological polar surface area (TPSA) is 83.3 Å². The van der Waals surface area contributed by atoms with Crippen LogP contribution < -0.4 is 4.74 Å². The van der Waals surface area contributed by atoms with Crippen molar-refractivity contribution in [3.8, 4) is 11.8 Å². The first-order chi connectivity index (χ1) is 10.0. The molecule has 1 aliphatic heterocycles. The molecule has 1 saturated carbocycles. The Morgan fingerprint density at radius 3 is 2.95 bits per heavy atom. The minimum Gasteiger partial charge on any atom is -0.487 e. The highest BCUT2D eigenvalue weighted by Gasteiger charge is 2.49. The molecule has 2 fully saturated rings. The summed E-state index contributed by atoms with van der Waals surface area (Å²) < 4.78 is 31.9. The molecule has 0 N–H and O–H groups in total. The molecule has 1 atom stereocenters. The lowest BCUT2D eigenvalue weighted by Crippen LogP contribution is -2.35. The molecule has 0 bridgehead atoms. The van der Waals surface area contributed by atoms with Crippen molar-refractivity contribution in [1.29, 1.82) is 5.26 Å². The molecule has 1 aromatic rings. The van der Waals surface area contributed by atoms with Crippen LogP contribution in [0.4, 0.5) is 0 Å². The van der Waals surface area contributed by atoms with Crippen LogP contribution in [0.2, 0.25) is 0 Å². The molecule has 2 aliphatic rings. The van der Waals surface area contributed by atoms with Crippen molar-refractivity contribution in [2.75, 3.05) is 18.8 Å². The molecule has 1 aromatic heterocycles. The van der Waals surface area contributed by atoms with Crippen LogP contribution in [0.5, 0.6) is 5.75 Å². The molecule has 0 aromatic carbocycles. The molecule has 0 spiro atoms. The number of nitrogens with zero attached hydrogens (tertiary/aromatic N) is 3. The zero-order valence-corrected chi connectivity index (χ0v) is 12.4. The van der Waals surface area contributed by atoms with Crippen LogP contribution in [-0.2, 0) is 10.0 Å². The van der Waals surface area contributed by atoms with Crippen molar-refractivity contribution >= 4 is 10.0 Å². The highest BCUT2D eigenvalue weighted by atomic mass is 32.2. The van der Waals surface area contributed by atoms with Crippen LogP contribution in [0.25, 0.3) is 0 Å². The summed E-state index contributed by atoms with van der Waals surface area (Å²) in [4.78, 5) is 3.97. The zero-order valence-electron chi connectivity index (χ0n) is 11.6. The van der Waals surface area contributed by atoms with Crippen molar-refractivity contribution < 1.29 is 13.2 Å². The molecule has 1 saturated heterocycles. The van der Waals surface area contributed by atoms with Crippen molar-refractivity contribution in [3.63, 3.8) is 0 Å². The lowest BCUT2D eigenvalue weighted by molar-refractivity contribution is 0.214. The largest absolute Gasteiger partial charge is 0.487 e. The number of hydrogen-bond donors (Lipinski definition) is 0. The third kappa shape index (κ3) is 3.17. The van der Waals surface area contributed by atoms with Gasteiger partial charge in [0.15, 0.2) is 0 Å².